The summed E-state index contributed by atoms with van der Waals surface area (Å²) < 4.78 is 1.67. The fraction of sp³-hybridized carbons (Fsp3) is 0.250. The molecule has 0 radical (unpaired) electrons. The van der Waals surface area contributed by atoms with E-state index < -0.39 is 0 Å². The summed E-state index contributed by atoms with van der Waals surface area (Å²) in [6.45, 7) is 3.59. The normalized spacial score (nSPS) is 15.3. The molecule has 0 bridgehead atoms. The number of nitrogens with one attached hydrogen (secondary N) is 1. The molecule has 1 saturated heterocycles. The number of benzene rings is 2. The molecule has 0 atom stereocenters. The zero-order valence-corrected chi connectivity index (χ0v) is 14.5. The summed E-state index contributed by atoms with van der Waals surface area (Å²) in [5.74, 6) is 0.0780. The third-order valence-electron chi connectivity index (χ3n) is 4.90. The molecule has 132 valence electrons. The number of piperazine rings is 1. The van der Waals surface area contributed by atoms with Crippen LogP contribution in [0.25, 0.3) is 10.9 Å². The van der Waals surface area contributed by atoms with Crippen molar-refractivity contribution >= 4 is 16.8 Å². The summed E-state index contributed by atoms with van der Waals surface area (Å²) in [7, 11) is 0. The standard InChI is InChI=1S/C20H20N4O2/c25-19(16-6-2-1-3-7-16)23-12-10-22(11-13-23)15-24-14-21-18-9-5-4-8-17(18)20(24)26/h1-9,14H,10-13,15H2/p+1. The first-order chi connectivity index (χ1) is 12.7. The molecule has 6 heteroatoms. The van der Waals surface area contributed by atoms with Crippen LogP contribution in [0, 0.1) is 0 Å². The Morgan fingerprint density at radius 1 is 1.00 bits per heavy atom. The van der Waals surface area contributed by atoms with E-state index in [0.717, 1.165) is 24.2 Å². The first-order valence-electron chi connectivity index (χ1n) is 8.84. The maximum atomic E-state index is 12.6. The summed E-state index contributed by atoms with van der Waals surface area (Å²) in [5.41, 5.74) is 1.44. The lowest BCUT2D eigenvalue weighted by molar-refractivity contribution is -0.926. The van der Waals surface area contributed by atoms with Crippen molar-refractivity contribution < 1.29 is 9.69 Å². The molecule has 2 heterocycles. The van der Waals surface area contributed by atoms with Crippen LogP contribution in [0.2, 0.25) is 0 Å². The molecule has 0 saturated carbocycles. The fourth-order valence-corrected chi connectivity index (χ4v) is 3.41. The van der Waals surface area contributed by atoms with E-state index in [1.165, 1.54) is 4.90 Å². The SMILES string of the molecule is O=C(c1ccccc1)N1CC[NH+](Cn2cnc3ccccc3c2=O)CC1. The van der Waals surface area contributed by atoms with E-state index in [9.17, 15) is 9.59 Å². The van der Waals surface area contributed by atoms with Crippen molar-refractivity contribution in [2.24, 2.45) is 0 Å². The van der Waals surface area contributed by atoms with Gasteiger partial charge in [-0.05, 0) is 24.3 Å². The summed E-state index contributed by atoms with van der Waals surface area (Å²) in [6.07, 6.45) is 1.62. The third-order valence-corrected chi connectivity index (χ3v) is 4.90. The molecular formula is C20H21N4O2+. The maximum Gasteiger partial charge on any atom is 0.265 e. The Morgan fingerprint density at radius 3 is 2.46 bits per heavy atom. The Labute approximate surface area is 151 Å². The Kier molecular flexibility index (Phi) is 4.50. The van der Waals surface area contributed by atoms with Gasteiger partial charge in [0.15, 0.2) is 6.67 Å². The second kappa shape index (κ2) is 7.09. The Bertz CT molecular complexity index is 976. The van der Waals surface area contributed by atoms with E-state index in [1.54, 1.807) is 10.9 Å². The van der Waals surface area contributed by atoms with Gasteiger partial charge in [-0.2, -0.15) is 0 Å². The lowest BCUT2D eigenvalue weighted by atomic mass is 10.2. The van der Waals surface area contributed by atoms with Gasteiger partial charge in [-0.25, -0.2) is 9.55 Å². The average molecular weight is 349 g/mol. The average Bonchev–Trinajstić information content (AvgIpc) is 2.71. The number of hydrogen-bond acceptors (Lipinski definition) is 3. The number of carbonyl (C=O) groups excluding carboxylic acids is 1. The van der Waals surface area contributed by atoms with E-state index in [0.29, 0.717) is 25.1 Å². The lowest BCUT2D eigenvalue weighted by Crippen LogP contribution is -3.14. The smallest absolute Gasteiger partial charge is 0.265 e. The fourth-order valence-electron chi connectivity index (χ4n) is 3.41. The van der Waals surface area contributed by atoms with E-state index in [4.69, 9.17) is 0 Å². The quantitative estimate of drug-likeness (QED) is 0.744. The number of carbonyl (C=O) groups is 1. The molecule has 4 rings (SSSR count). The van der Waals surface area contributed by atoms with Crippen LogP contribution in [0.3, 0.4) is 0 Å². The molecule has 2 aromatic carbocycles. The molecule has 1 aliphatic heterocycles. The number of nitrogens with zero attached hydrogens (tertiary/aromatic N) is 3. The highest BCUT2D eigenvalue weighted by molar-refractivity contribution is 5.94. The van der Waals surface area contributed by atoms with Crippen LogP contribution in [0.4, 0.5) is 0 Å². The number of quaternary nitrogens is 1. The third kappa shape index (κ3) is 3.23. The number of para-hydroxylation sites is 1. The van der Waals surface area contributed by atoms with Gasteiger partial charge in [0.05, 0.1) is 37.1 Å². The van der Waals surface area contributed by atoms with Crippen LogP contribution < -0.4 is 10.5 Å². The number of amides is 1. The predicted molar refractivity (Wildman–Crippen MR) is 99.0 cm³/mol. The maximum absolute atomic E-state index is 12.6. The number of fused-ring (bicyclic) bond motifs is 1. The van der Waals surface area contributed by atoms with E-state index in [-0.39, 0.29) is 11.5 Å². The summed E-state index contributed by atoms with van der Waals surface area (Å²) in [5, 5.41) is 0.646. The minimum Gasteiger partial charge on any atom is -0.327 e. The molecule has 0 spiro atoms. The van der Waals surface area contributed by atoms with Crippen LogP contribution in [-0.2, 0) is 6.67 Å². The second-order valence-electron chi connectivity index (χ2n) is 6.60. The van der Waals surface area contributed by atoms with Crippen LogP contribution in [-0.4, -0.2) is 46.5 Å². The molecule has 1 N–H and O–H groups in total. The van der Waals surface area contributed by atoms with Crippen molar-refractivity contribution in [1.82, 2.24) is 14.5 Å². The van der Waals surface area contributed by atoms with Crippen molar-refractivity contribution in [2.45, 2.75) is 6.67 Å². The van der Waals surface area contributed by atoms with E-state index >= 15 is 0 Å². The van der Waals surface area contributed by atoms with Crippen molar-refractivity contribution in [3.8, 4) is 0 Å². The molecule has 6 nitrogen and oxygen atoms in total. The van der Waals surface area contributed by atoms with E-state index in [1.807, 2.05) is 59.5 Å². The molecule has 1 fully saturated rings. The molecule has 3 aromatic rings. The zero-order chi connectivity index (χ0) is 17.9. The summed E-state index contributed by atoms with van der Waals surface area (Å²) >= 11 is 0. The van der Waals surface area contributed by atoms with Gasteiger partial charge in [-0.1, -0.05) is 30.3 Å². The largest absolute Gasteiger partial charge is 0.327 e. The van der Waals surface area contributed by atoms with Crippen molar-refractivity contribution in [3.05, 3.63) is 76.8 Å². The first kappa shape index (κ1) is 16.5. The Balaban J connectivity index is 1.42. The Morgan fingerprint density at radius 2 is 1.69 bits per heavy atom. The predicted octanol–water partition coefficient (Wildman–Crippen LogP) is 0.395. The van der Waals surface area contributed by atoms with Gasteiger partial charge in [-0.15, -0.1) is 0 Å². The van der Waals surface area contributed by atoms with Gasteiger partial charge in [0.2, 0.25) is 0 Å². The van der Waals surface area contributed by atoms with Crippen molar-refractivity contribution in [1.29, 1.82) is 0 Å². The highest BCUT2D eigenvalue weighted by Gasteiger charge is 2.24. The minimum absolute atomic E-state index is 0.00843. The highest BCUT2D eigenvalue weighted by Crippen LogP contribution is 2.05. The highest BCUT2D eigenvalue weighted by atomic mass is 16.2. The molecule has 1 amide bonds. The van der Waals surface area contributed by atoms with Gasteiger partial charge in [0, 0.05) is 5.56 Å². The zero-order valence-electron chi connectivity index (χ0n) is 14.5. The number of aromatic nitrogens is 2. The molecule has 0 aliphatic carbocycles. The van der Waals surface area contributed by atoms with Gasteiger partial charge in [0.25, 0.3) is 11.5 Å². The van der Waals surface area contributed by atoms with Crippen molar-refractivity contribution in [2.75, 3.05) is 26.2 Å². The number of hydrogen-bond donors (Lipinski definition) is 1. The Hall–Kier alpha value is -2.99. The molecule has 26 heavy (non-hydrogen) atoms. The first-order valence-corrected chi connectivity index (χ1v) is 8.84. The van der Waals surface area contributed by atoms with Crippen molar-refractivity contribution in [3.63, 3.8) is 0 Å². The van der Waals surface area contributed by atoms with Crippen LogP contribution >= 0.6 is 0 Å². The summed E-state index contributed by atoms with van der Waals surface area (Å²) in [6, 6.07) is 16.8. The second-order valence-corrected chi connectivity index (χ2v) is 6.60. The summed E-state index contributed by atoms with van der Waals surface area (Å²) in [4.78, 5) is 32.7. The molecular weight excluding hydrogens is 328 g/mol. The van der Waals surface area contributed by atoms with Gasteiger partial charge in [-0.3, -0.25) is 9.59 Å². The van der Waals surface area contributed by atoms with Crippen LogP contribution in [0.5, 0.6) is 0 Å². The van der Waals surface area contributed by atoms with Gasteiger partial charge in [0.1, 0.15) is 6.33 Å². The number of rotatable bonds is 3. The topological polar surface area (TPSA) is 59.6 Å². The monoisotopic (exact) mass is 349 g/mol. The minimum atomic E-state index is -0.00843. The van der Waals surface area contributed by atoms with Crippen LogP contribution in [0.15, 0.2) is 65.7 Å². The molecule has 1 aromatic heterocycles. The molecule has 0 unspecified atom stereocenters. The molecule has 1 aliphatic rings. The lowest BCUT2D eigenvalue weighted by Gasteiger charge is -2.32. The van der Waals surface area contributed by atoms with Gasteiger partial charge < -0.3 is 9.80 Å². The van der Waals surface area contributed by atoms with Gasteiger partial charge >= 0.3 is 0 Å². The van der Waals surface area contributed by atoms with E-state index in [2.05, 4.69) is 4.98 Å². The van der Waals surface area contributed by atoms with Crippen LogP contribution in [0.1, 0.15) is 10.4 Å².